The smallest absolute Gasteiger partial charge is 0.220 e. The Morgan fingerprint density at radius 1 is 1.21 bits per heavy atom. The fourth-order valence-corrected chi connectivity index (χ4v) is 3.92. The van der Waals surface area contributed by atoms with Crippen molar-refractivity contribution in [1.29, 1.82) is 0 Å². The largest absolute Gasteiger partial charge is 0.381 e. The van der Waals surface area contributed by atoms with E-state index >= 15 is 0 Å². The van der Waals surface area contributed by atoms with Gasteiger partial charge in [-0.3, -0.25) is 4.79 Å². The highest BCUT2D eigenvalue weighted by Crippen LogP contribution is 2.28. The summed E-state index contributed by atoms with van der Waals surface area (Å²) in [5.74, 6) is 1.01. The molecule has 2 fully saturated rings. The summed E-state index contributed by atoms with van der Waals surface area (Å²) in [6.45, 7) is 1.52. The van der Waals surface area contributed by atoms with Gasteiger partial charge in [0, 0.05) is 25.0 Å². The molecule has 0 spiro atoms. The van der Waals surface area contributed by atoms with Crippen LogP contribution in [0.15, 0.2) is 0 Å². The number of nitrogens with one attached hydrogen (secondary N) is 1. The predicted octanol–water partition coefficient (Wildman–Crippen LogP) is 3.41. The molecule has 0 aromatic heterocycles. The molecule has 1 saturated heterocycles. The average molecular weight is 332 g/mol. The van der Waals surface area contributed by atoms with Crippen molar-refractivity contribution >= 4 is 21.8 Å². The molecule has 1 saturated carbocycles. The van der Waals surface area contributed by atoms with Crippen molar-refractivity contribution in [2.75, 3.05) is 18.5 Å². The third kappa shape index (κ3) is 4.75. The Bertz CT molecular complexity index is 284. The normalized spacial score (nSPS) is 24.1. The number of carbonyl (C=O) groups excluding carboxylic acids is 1. The minimum absolute atomic E-state index is 0.0676. The summed E-state index contributed by atoms with van der Waals surface area (Å²) < 4.78 is 5.39. The van der Waals surface area contributed by atoms with Gasteiger partial charge in [0.2, 0.25) is 5.91 Å². The lowest BCUT2D eigenvalue weighted by atomic mass is 9.86. The second-order valence-corrected chi connectivity index (χ2v) is 6.68. The summed E-state index contributed by atoms with van der Waals surface area (Å²) in [5, 5.41) is 4.09. The van der Waals surface area contributed by atoms with Crippen molar-refractivity contribution in [3.63, 3.8) is 0 Å². The molecule has 1 aliphatic heterocycles. The van der Waals surface area contributed by atoms with E-state index in [4.69, 9.17) is 4.74 Å². The molecule has 0 unspecified atom stereocenters. The highest BCUT2D eigenvalue weighted by atomic mass is 79.9. The van der Waals surface area contributed by atoms with Crippen LogP contribution < -0.4 is 5.32 Å². The monoisotopic (exact) mass is 331 g/mol. The highest BCUT2D eigenvalue weighted by Gasteiger charge is 2.33. The van der Waals surface area contributed by atoms with Crippen LogP contribution in [0.3, 0.4) is 0 Å². The topological polar surface area (TPSA) is 38.3 Å². The molecule has 0 aromatic rings. The average Bonchev–Trinajstić information content (AvgIpc) is 2.47. The summed E-state index contributed by atoms with van der Waals surface area (Å²) >= 11 is 3.55. The molecule has 1 amide bonds. The van der Waals surface area contributed by atoms with Crippen molar-refractivity contribution in [2.45, 2.75) is 63.3 Å². The summed E-state index contributed by atoms with van der Waals surface area (Å²) in [5.41, 5.74) is -0.0676. The minimum atomic E-state index is -0.0676. The van der Waals surface area contributed by atoms with Gasteiger partial charge in [-0.25, -0.2) is 0 Å². The quantitative estimate of drug-likeness (QED) is 0.784. The molecule has 0 bridgehead atoms. The van der Waals surface area contributed by atoms with Crippen LogP contribution in [-0.2, 0) is 9.53 Å². The molecule has 1 heterocycles. The fraction of sp³-hybridized carbons (Fsp3) is 0.933. The van der Waals surface area contributed by atoms with Gasteiger partial charge in [-0.1, -0.05) is 48.0 Å². The van der Waals surface area contributed by atoms with Gasteiger partial charge >= 0.3 is 0 Å². The van der Waals surface area contributed by atoms with Gasteiger partial charge in [0.15, 0.2) is 0 Å². The lowest BCUT2D eigenvalue weighted by Gasteiger charge is -2.36. The SMILES string of the molecule is O=C(CCC1CCCCC1)NC1(CBr)CCOCC1. The Morgan fingerprint density at radius 3 is 2.53 bits per heavy atom. The van der Waals surface area contributed by atoms with Gasteiger partial charge in [0.25, 0.3) is 0 Å². The summed E-state index contributed by atoms with van der Waals surface area (Å²) in [7, 11) is 0. The Labute approximate surface area is 125 Å². The molecule has 3 nitrogen and oxygen atoms in total. The molecule has 4 heteroatoms. The Balaban J connectivity index is 1.72. The maximum absolute atomic E-state index is 12.1. The van der Waals surface area contributed by atoms with E-state index in [0.717, 1.165) is 43.7 Å². The molecule has 1 N–H and O–H groups in total. The fourth-order valence-electron chi connectivity index (χ4n) is 3.22. The number of ether oxygens (including phenoxy) is 1. The van der Waals surface area contributed by atoms with Crippen molar-refractivity contribution in [2.24, 2.45) is 5.92 Å². The number of halogens is 1. The van der Waals surface area contributed by atoms with Gasteiger partial charge in [-0.15, -0.1) is 0 Å². The number of amides is 1. The van der Waals surface area contributed by atoms with Crippen LogP contribution in [0, 0.1) is 5.92 Å². The Morgan fingerprint density at radius 2 is 1.89 bits per heavy atom. The van der Waals surface area contributed by atoms with Crippen LogP contribution in [0.1, 0.15) is 57.8 Å². The van der Waals surface area contributed by atoms with Gasteiger partial charge in [-0.05, 0) is 25.2 Å². The second-order valence-electron chi connectivity index (χ2n) is 6.12. The third-order valence-electron chi connectivity index (χ3n) is 4.61. The maximum atomic E-state index is 12.1. The first-order valence-corrected chi connectivity index (χ1v) is 8.81. The van der Waals surface area contributed by atoms with Crippen LogP contribution in [0.5, 0.6) is 0 Å². The molecular formula is C15H26BrNO2. The molecule has 2 rings (SSSR count). The summed E-state index contributed by atoms with van der Waals surface area (Å²) in [6, 6.07) is 0. The van der Waals surface area contributed by atoms with Gasteiger partial charge in [-0.2, -0.15) is 0 Å². The molecule has 0 aromatic carbocycles. The van der Waals surface area contributed by atoms with E-state index in [9.17, 15) is 4.79 Å². The standard InChI is InChI=1S/C15H26BrNO2/c16-12-15(8-10-19-11-9-15)17-14(18)7-6-13-4-2-1-3-5-13/h13H,1-12H2,(H,17,18). The molecule has 19 heavy (non-hydrogen) atoms. The summed E-state index contributed by atoms with van der Waals surface area (Å²) in [6.07, 6.45) is 10.4. The molecule has 2 aliphatic rings. The number of rotatable bonds is 5. The van der Waals surface area contributed by atoms with Crippen molar-refractivity contribution in [3.05, 3.63) is 0 Å². The van der Waals surface area contributed by atoms with Gasteiger partial charge < -0.3 is 10.1 Å². The predicted molar refractivity (Wildman–Crippen MR) is 80.5 cm³/mol. The zero-order valence-corrected chi connectivity index (χ0v) is 13.3. The molecule has 0 atom stereocenters. The van der Waals surface area contributed by atoms with Gasteiger partial charge in [0.05, 0.1) is 5.54 Å². The van der Waals surface area contributed by atoms with Crippen molar-refractivity contribution in [3.8, 4) is 0 Å². The first-order chi connectivity index (χ1) is 9.24. The molecule has 1 aliphatic carbocycles. The van der Waals surface area contributed by atoms with E-state index < -0.39 is 0 Å². The molecule has 0 radical (unpaired) electrons. The van der Waals surface area contributed by atoms with Crippen molar-refractivity contribution < 1.29 is 9.53 Å². The van der Waals surface area contributed by atoms with Crippen LogP contribution in [0.4, 0.5) is 0 Å². The third-order valence-corrected chi connectivity index (χ3v) is 5.69. The van der Waals surface area contributed by atoms with E-state index in [2.05, 4.69) is 21.2 Å². The molecular weight excluding hydrogens is 306 g/mol. The maximum Gasteiger partial charge on any atom is 0.220 e. The Hall–Kier alpha value is -0.0900. The zero-order valence-electron chi connectivity index (χ0n) is 11.8. The Kier molecular flexibility index (Phi) is 6.14. The van der Waals surface area contributed by atoms with E-state index in [-0.39, 0.29) is 11.4 Å². The number of hydrogen-bond donors (Lipinski definition) is 1. The first-order valence-electron chi connectivity index (χ1n) is 7.69. The van der Waals surface area contributed by atoms with E-state index in [0.29, 0.717) is 6.42 Å². The lowest BCUT2D eigenvalue weighted by molar-refractivity contribution is -0.124. The van der Waals surface area contributed by atoms with E-state index in [1.807, 2.05) is 0 Å². The number of carbonyl (C=O) groups is 1. The number of hydrogen-bond acceptors (Lipinski definition) is 2. The lowest BCUT2D eigenvalue weighted by Crippen LogP contribution is -2.53. The van der Waals surface area contributed by atoms with Crippen LogP contribution in [0.2, 0.25) is 0 Å². The van der Waals surface area contributed by atoms with Crippen LogP contribution >= 0.6 is 15.9 Å². The molecule has 110 valence electrons. The van der Waals surface area contributed by atoms with E-state index in [1.54, 1.807) is 0 Å². The van der Waals surface area contributed by atoms with Gasteiger partial charge in [0.1, 0.15) is 0 Å². The minimum Gasteiger partial charge on any atom is -0.381 e. The second kappa shape index (κ2) is 7.63. The first kappa shape index (κ1) is 15.3. The van der Waals surface area contributed by atoms with Crippen molar-refractivity contribution in [1.82, 2.24) is 5.32 Å². The van der Waals surface area contributed by atoms with E-state index in [1.165, 1.54) is 32.1 Å². The van der Waals surface area contributed by atoms with Crippen LogP contribution in [-0.4, -0.2) is 30.0 Å². The summed E-state index contributed by atoms with van der Waals surface area (Å²) in [4.78, 5) is 12.1. The van der Waals surface area contributed by atoms with Crippen LogP contribution in [0.25, 0.3) is 0 Å². The number of alkyl halides is 1. The zero-order chi connectivity index (χ0) is 13.6. The highest BCUT2D eigenvalue weighted by molar-refractivity contribution is 9.09.